The Kier molecular flexibility index (Phi) is 7.70. The molecule has 2 heterocycles. The number of ether oxygens (including phenoxy) is 2. The zero-order valence-corrected chi connectivity index (χ0v) is 23.1. The van der Waals surface area contributed by atoms with Crippen molar-refractivity contribution in [1.82, 2.24) is 5.01 Å². The standard InChI is InChI=1S/C30H30N4O4S/c1-18-5-9-20(10-6-18)23-16-25(21-11-7-19(2)8-12-21)34(33-23)30-32-29(36)27(39-30)17-28(35)31-24-15-22(37-3)13-14-26(24)38-4/h5-15,25,27H,16-17H2,1-4H3,(H,31,35)/t25-,27+/m1/s1. The number of aryl methyl sites for hydroxylation is 2. The maximum atomic E-state index is 12.9. The summed E-state index contributed by atoms with van der Waals surface area (Å²) in [5, 5.41) is 9.46. The molecule has 2 atom stereocenters. The number of benzene rings is 3. The molecule has 3 aromatic rings. The summed E-state index contributed by atoms with van der Waals surface area (Å²) < 4.78 is 10.6. The quantitative estimate of drug-likeness (QED) is 0.424. The molecular formula is C30H30N4O4S. The highest BCUT2D eigenvalue weighted by Crippen LogP contribution is 2.39. The third-order valence-electron chi connectivity index (χ3n) is 6.73. The summed E-state index contributed by atoms with van der Waals surface area (Å²) in [5.41, 5.74) is 5.89. The highest BCUT2D eigenvalue weighted by atomic mass is 32.2. The average Bonchev–Trinajstić information content (AvgIpc) is 3.53. The van der Waals surface area contributed by atoms with Crippen LogP contribution in [0.1, 0.15) is 41.1 Å². The molecule has 9 heteroatoms. The number of nitrogens with one attached hydrogen (secondary N) is 1. The number of hydrogen-bond donors (Lipinski definition) is 1. The number of amides is 2. The molecule has 0 radical (unpaired) electrons. The van der Waals surface area contributed by atoms with Crippen LogP contribution in [-0.4, -0.2) is 47.2 Å². The Morgan fingerprint density at radius 2 is 1.69 bits per heavy atom. The van der Waals surface area contributed by atoms with Crippen molar-refractivity contribution in [3.05, 3.63) is 89.0 Å². The van der Waals surface area contributed by atoms with Crippen LogP contribution in [0.5, 0.6) is 11.5 Å². The van der Waals surface area contributed by atoms with Gasteiger partial charge in [-0.25, -0.2) is 5.01 Å². The Morgan fingerprint density at radius 3 is 2.36 bits per heavy atom. The Morgan fingerprint density at radius 1 is 1.00 bits per heavy atom. The summed E-state index contributed by atoms with van der Waals surface area (Å²) in [7, 11) is 3.08. The van der Waals surface area contributed by atoms with E-state index < -0.39 is 5.25 Å². The number of methoxy groups -OCH3 is 2. The Balaban J connectivity index is 1.34. The first-order valence-electron chi connectivity index (χ1n) is 12.7. The predicted octanol–water partition coefficient (Wildman–Crippen LogP) is 5.50. The van der Waals surface area contributed by atoms with E-state index in [-0.39, 0.29) is 24.3 Å². The number of anilines is 1. The third kappa shape index (κ3) is 5.83. The smallest absolute Gasteiger partial charge is 0.262 e. The van der Waals surface area contributed by atoms with Gasteiger partial charge >= 0.3 is 0 Å². The number of nitrogens with zero attached hydrogens (tertiary/aromatic N) is 3. The normalized spacial score (nSPS) is 18.6. The zero-order valence-electron chi connectivity index (χ0n) is 22.3. The van der Waals surface area contributed by atoms with Crippen molar-refractivity contribution in [3.63, 3.8) is 0 Å². The van der Waals surface area contributed by atoms with Crippen LogP contribution in [0, 0.1) is 13.8 Å². The lowest BCUT2D eigenvalue weighted by Crippen LogP contribution is -2.25. The Labute approximate surface area is 232 Å². The molecule has 5 rings (SSSR count). The molecule has 0 unspecified atom stereocenters. The highest BCUT2D eigenvalue weighted by molar-refractivity contribution is 8.15. The Hall–Kier alpha value is -4.11. The lowest BCUT2D eigenvalue weighted by Gasteiger charge is -2.23. The summed E-state index contributed by atoms with van der Waals surface area (Å²) in [4.78, 5) is 30.2. The topological polar surface area (TPSA) is 92.6 Å². The van der Waals surface area contributed by atoms with Gasteiger partial charge in [0.1, 0.15) is 16.7 Å². The van der Waals surface area contributed by atoms with E-state index in [9.17, 15) is 9.59 Å². The summed E-state index contributed by atoms with van der Waals surface area (Å²) in [5.74, 6) is 0.428. The van der Waals surface area contributed by atoms with Crippen LogP contribution in [0.2, 0.25) is 0 Å². The van der Waals surface area contributed by atoms with Crippen molar-refractivity contribution in [2.24, 2.45) is 10.1 Å². The summed E-state index contributed by atoms with van der Waals surface area (Å²) in [6.45, 7) is 4.11. The van der Waals surface area contributed by atoms with Gasteiger partial charge in [-0.1, -0.05) is 71.4 Å². The minimum atomic E-state index is -0.645. The molecule has 0 aliphatic carbocycles. The summed E-state index contributed by atoms with van der Waals surface area (Å²) >= 11 is 1.28. The number of hydrazone groups is 1. The monoisotopic (exact) mass is 542 g/mol. The second-order valence-corrected chi connectivity index (χ2v) is 10.7. The minimum absolute atomic E-state index is 0.0333. The second kappa shape index (κ2) is 11.3. The van der Waals surface area contributed by atoms with E-state index in [1.807, 2.05) is 5.01 Å². The average molecular weight is 543 g/mol. The van der Waals surface area contributed by atoms with Gasteiger partial charge in [-0.15, -0.1) is 0 Å². The molecule has 8 nitrogen and oxygen atoms in total. The first kappa shape index (κ1) is 26.5. The molecule has 2 amide bonds. The molecule has 3 aromatic carbocycles. The van der Waals surface area contributed by atoms with E-state index in [4.69, 9.17) is 14.6 Å². The molecule has 200 valence electrons. The van der Waals surface area contributed by atoms with Gasteiger partial charge in [-0.3, -0.25) is 9.59 Å². The van der Waals surface area contributed by atoms with E-state index in [0.717, 1.165) is 16.8 Å². The maximum absolute atomic E-state index is 12.9. The zero-order chi connectivity index (χ0) is 27.5. The fourth-order valence-electron chi connectivity index (χ4n) is 4.54. The van der Waals surface area contributed by atoms with E-state index in [0.29, 0.717) is 28.8 Å². The van der Waals surface area contributed by atoms with Crippen LogP contribution >= 0.6 is 11.8 Å². The number of hydrogen-bond acceptors (Lipinski definition) is 7. The van der Waals surface area contributed by atoms with Gasteiger partial charge < -0.3 is 14.8 Å². The molecule has 0 spiro atoms. The van der Waals surface area contributed by atoms with Crippen molar-refractivity contribution in [2.75, 3.05) is 19.5 Å². The SMILES string of the molecule is COc1ccc(OC)c(NC(=O)C[C@@H]2SC(N3N=C(c4ccc(C)cc4)C[C@@H]3c3ccc(C)cc3)=NC2=O)c1. The van der Waals surface area contributed by atoms with Crippen LogP contribution in [0.25, 0.3) is 0 Å². The number of carbonyl (C=O) groups is 2. The van der Waals surface area contributed by atoms with E-state index in [1.165, 1.54) is 30.0 Å². The van der Waals surface area contributed by atoms with Gasteiger partial charge in [0, 0.05) is 18.9 Å². The molecule has 2 aliphatic rings. The molecule has 2 aliphatic heterocycles. The molecule has 39 heavy (non-hydrogen) atoms. The summed E-state index contributed by atoms with van der Waals surface area (Å²) in [6.07, 6.45) is 0.648. The molecule has 0 saturated carbocycles. The van der Waals surface area contributed by atoms with Crippen LogP contribution in [-0.2, 0) is 9.59 Å². The van der Waals surface area contributed by atoms with Gasteiger partial charge in [0.15, 0.2) is 5.17 Å². The van der Waals surface area contributed by atoms with Crippen molar-refractivity contribution in [1.29, 1.82) is 0 Å². The number of amidine groups is 1. The van der Waals surface area contributed by atoms with Crippen molar-refractivity contribution in [3.8, 4) is 11.5 Å². The lowest BCUT2D eigenvalue weighted by molar-refractivity contribution is -0.121. The van der Waals surface area contributed by atoms with Crippen LogP contribution in [0.3, 0.4) is 0 Å². The number of thioether (sulfide) groups is 1. The summed E-state index contributed by atoms with van der Waals surface area (Å²) in [6, 6.07) is 21.6. The van der Waals surface area contributed by atoms with E-state index in [2.05, 4.69) is 72.7 Å². The first-order valence-corrected chi connectivity index (χ1v) is 13.5. The fourth-order valence-corrected chi connectivity index (χ4v) is 5.60. The van der Waals surface area contributed by atoms with Gasteiger partial charge in [-0.2, -0.15) is 10.1 Å². The first-order chi connectivity index (χ1) is 18.8. The number of rotatable bonds is 7. The van der Waals surface area contributed by atoms with E-state index in [1.54, 1.807) is 25.3 Å². The van der Waals surface area contributed by atoms with E-state index >= 15 is 0 Å². The van der Waals surface area contributed by atoms with Gasteiger partial charge in [-0.05, 0) is 37.1 Å². The van der Waals surface area contributed by atoms with Gasteiger partial charge in [0.05, 0.1) is 31.7 Å². The van der Waals surface area contributed by atoms with Crippen molar-refractivity contribution >= 4 is 40.1 Å². The van der Waals surface area contributed by atoms with Crippen LogP contribution in [0.15, 0.2) is 76.8 Å². The largest absolute Gasteiger partial charge is 0.497 e. The second-order valence-electron chi connectivity index (χ2n) is 9.55. The molecule has 0 saturated heterocycles. The third-order valence-corrected chi connectivity index (χ3v) is 7.88. The Bertz CT molecular complexity index is 1450. The molecule has 0 bridgehead atoms. The van der Waals surface area contributed by atoms with Gasteiger partial charge in [0.25, 0.3) is 5.91 Å². The van der Waals surface area contributed by atoms with Crippen LogP contribution in [0.4, 0.5) is 5.69 Å². The minimum Gasteiger partial charge on any atom is -0.497 e. The number of aliphatic imine (C=N–C) groups is 1. The highest BCUT2D eigenvalue weighted by Gasteiger charge is 2.39. The number of carbonyl (C=O) groups excluding carboxylic acids is 2. The van der Waals surface area contributed by atoms with Gasteiger partial charge in [0.2, 0.25) is 5.91 Å². The molecular weight excluding hydrogens is 512 g/mol. The molecule has 1 N–H and O–H groups in total. The van der Waals surface area contributed by atoms with Crippen LogP contribution < -0.4 is 14.8 Å². The molecule has 0 aromatic heterocycles. The fraction of sp³-hybridized carbons (Fsp3) is 0.267. The predicted molar refractivity (Wildman–Crippen MR) is 155 cm³/mol. The maximum Gasteiger partial charge on any atom is 0.262 e. The van der Waals surface area contributed by atoms with Crippen molar-refractivity contribution in [2.45, 2.75) is 38.0 Å². The molecule has 0 fully saturated rings. The van der Waals surface area contributed by atoms with Crippen molar-refractivity contribution < 1.29 is 19.1 Å². The lowest BCUT2D eigenvalue weighted by atomic mass is 9.97.